The summed E-state index contributed by atoms with van der Waals surface area (Å²) in [5.74, 6) is -1.77. The van der Waals surface area contributed by atoms with Gasteiger partial charge in [-0.25, -0.2) is 0 Å². The van der Waals surface area contributed by atoms with Crippen molar-refractivity contribution >= 4 is 5.97 Å². The van der Waals surface area contributed by atoms with Crippen molar-refractivity contribution in [3.8, 4) is 0 Å². The highest BCUT2D eigenvalue weighted by atomic mass is 16.7. The fraction of sp³-hybridized carbons (Fsp3) is 0.763. The number of aliphatic hydroxyl groups is 2. The van der Waals surface area contributed by atoms with Gasteiger partial charge in [0.2, 0.25) is 0 Å². The average Bonchev–Trinajstić information content (AvgIpc) is 3.40. The lowest BCUT2D eigenvalue weighted by Crippen LogP contribution is -2.58. The van der Waals surface area contributed by atoms with Gasteiger partial charge < -0.3 is 43.4 Å². The third kappa shape index (κ3) is 7.86. The van der Waals surface area contributed by atoms with Crippen molar-refractivity contribution in [3.63, 3.8) is 0 Å². The molecule has 10 nitrogen and oxygen atoms in total. The molecular weight excluding hydrogens is 616 g/mol. The van der Waals surface area contributed by atoms with Crippen LogP contribution in [0.2, 0.25) is 0 Å². The van der Waals surface area contributed by atoms with E-state index in [9.17, 15) is 15.0 Å². The van der Waals surface area contributed by atoms with Crippen LogP contribution in [0.25, 0.3) is 0 Å². The maximum Gasteiger partial charge on any atom is 0.316 e. The second kappa shape index (κ2) is 16.0. The topological polar surface area (TPSA) is 122 Å². The van der Waals surface area contributed by atoms with E-state index >= 15 is 0 Å². The number of esters is 1. The molecule has 0 aromatic heterocycles. The normalized spacial score (nSPS) is 44.1. The molecule has 5 aliphatic rings. The SMILES string of the molecule is CC[C@H](C)[C@H]1O[C@]2(CC[C@@H]1C)C[C@@H]1C[C@@H](C/C=C(\C)[C@@H](OCOCCOC)[C@@H](C)/C=C/C=C3\CO[C@@H]4[C@H](O)C(C)=C[C@@H](C(=O)O1)[C@]34O)O2. The molecule has 1 spiro atoms. The molecule has 2 N–H and O–H groups in total. The molecule has 270 valence electrons. The minimum absolute atomic E-state index is 0.0349. The van der Waals surface area contributed by atoms with Crippen LogP contribution in [0.3, 0.4) is 0 Å². The highest BCUT2D eigenvalue weighted by Gasteiger charge is 2.60. The van der Waals surface area contributed by atoms with Crippen LogP contribution in [0.5, 0.6) is 0 Å². The number of aliphatic hydroxyl groups excluding tert-OH is 1. The molecule has 0 radical (unpaired) electrons. The third-order valence-corrected chi connectivity index (χ3v) is 11.2. The van der Waals surface area contributed by atoms with Crippen molar-refractivity contribution in [1.29, 1.82) is 0 Å². The predicted octanol–water partition coefficient (Wildman–Crippen LogP) is 5.18. The highest BCUT2D eigenvalue weighted by molar-refractivity contribution is 5.78. The van der Waals surface area contributed by atoms with Crippen molar-refractivity contribution < 1.29 is 48.2 Å². The van der Waals surface area contributed by atoms with E-state index in [1.165, 1.54) is 0 Å². The van der Waals surface area contributed by atoms with Crippen LogP contribution < -0.4 is 0 Å². The van der Waals surface area contributed by atoms with Crippen LogP contribution in [-0.2, 0) is 38.0 Å². The van der Waals surface area contributed by atoms with Crippen LogP contribution in [0, 0.1) is 23.7 Å². The van der Waals surface area contributed by atoms with Gasteiger partial charge in [-0.2, -0.15) is 0 Å². The molecule has 48 heavy (non-hydrogen) atoms. The van der Waals surface area contributed by atoms with E-state index < -0.39 is 41.6 Å². The van der Waals surface area contributed by atoms with E-state index in [4.69, 9.17) is 33.2 Å². The molecule has 5 rings (SSSR count). The summed E-state index contributed by atoms with van der Waals surface area (Å²) in [5, 5.41) is 23.3. The summed E-state index contributed by atoms with van der Waals surface area (Å²) < 4.78 is 43.1. The zero-order valence-electron chi connectivity index (χ0n) is 29.9. The van der Waals surface area contributed by atoms with Gasteiger partial charge in [-0.3, -0.25) is 4.79 Å². The van der Waals surface area contributed by atoms with Gasteiger partial charge in [0.15, 0.2) is 5.79 Å². The molecule has 0 saturated carbocycles. The Morgan fingerprint density at radius 2 is 1.92 bits per heavy atom. The Labute approximate surface area is 286 Å². The highest BCUT2D eigenvalue weighted by Crippen LogP contribution is 2.48. The molecule has 4 aliphatic heterocycles. The first-order valence-electron chi connectivity index (χ1n) is 17.9. The molecule has 12 atom stereocenters. The van der Waals surface area contributed by atoms with E-state index in [1.807, 2.05) is 12.2 Å². The number of hydrogen-bond acceptors (Lipinski definition) is 10. The average molecular weight is 675 g/mol. The maximum atomic E-state index is 14.1. The third-order valence-electron chi connectivity index (χ3n) is 11.2. The maximum absolute atomic E-state index is 14.1. The lowest BCUT2D eigenvalue weighted by molar-refractivity contribution is -0.340. The molecule has 3 saturated heterocycles. The van der Waals surface area contributed by atoms with E-state index in [1.54, 1.807) is 26.2 Å². The predicted molar refractivity (Wildman–Crippen MR) is 180 cm³/mol. The van der Waals surface area contributed by atoms with E-state index in [-0.39, 0.29) is 37.6 Å². The van der Waals surface area contributed by atoms with Crippen LogP contribution in [0.1, 0.15) is 80.1 Å². The van der Waals surface area contributed by atoms with Gasteiger partial charge in [-0.05, 0) is 55.2 Å². The Morgan fingerprint density at radius 1 is 1.12 bits per heavy atom. The zero-order valence-corrected chi connectivity index (χ0v) is 29.9. The van der Waals surface area contributed by atoms with Crippen molar-refractivity contribution in [2.24, 2.45) is 23.7 Å². The van der Waals surface area contributed by atoms with Gasteiger partial charge in [0, 0.05) is 32.3 Å². The van der Waals surface area contributed by atoms with Crippen LogP contribution in [0.15, 0.2) is 47.1 Å². The van der Waals surface area contributed by atoms with Gasteiger partial charge in [0.1, 0.15) is 36.6 Å². The fourth-order valence-electron chi connectivity index (χ4n) is 8.15. The van der Waals surface area contributed by atoms with Crippen LogP contribution in [0.4, 0.5) is 0 Å². The first-order chi connectivity index (χ1) is 22.9. The smallest absolute Gasteiger partial charge is 0.316 e. The summed E-state index contributed by atoms with van der Waals surface area (Å²) in [5.41, 5.74) is 0.362. The molecule has 0 amide bonds. The Balaban J connectivity index is 1.51. The number of methoxy groups -OCH3 is 1. The Morgan fingerprint density at radius 3 is 2.67 bits per heavy atom. The fourth-order valence-corrected chi connectivity index (χ4v) is 8.15. The minimum atomic E-state index is -1.76. The van der Waals surface area contributed by atoms with E-state index in [0.717, 1.165) is 18.4 Å². The molecule has 4 heterocycles. The van der Waals surface area contributed by atoms with Crippen molar-refractivity contribution in [1.82, 2.24) is 0 Å². The molecule has 10 heteroatoms. The lowest BCUT2D eigenvalue weighted by Gasteiger charge is -2.51. The van der Waals surface area contributed by atoms with Crippen molar-refractivity contribution in [2.45, 2.75) is 128 Å². The van der Waals surface area contributed by atoms with Crippen molar-refractivity contribution in [3.05, 3.63) is 47.1 Å². The number of ether oxygens (including phenoxy) is 7. The summed E-state index contributed by atoms with van der Waals surface area (Å²) in [7, 11) is 1.63. The molecule has 2 bridgehead atoms. The number of allylic oxidation sites excluding steroid dienone is 2. The molecule has 0 aromatic rings. The Kier molecular flexibility index (Phi) is 12.4. The van der Waals surface area contributed by atoms with Crippen LogP contribution >= 0.6 is 0 Å². The summed E-state index contributed by atoms with van der Waals surface area (Å²) >= 11 is 0. The summed E-state index contributed by atoms with van der Waals surface area (Å²) in [4.78, 5) is 14.1. The molecule has 1 aliphatic carbocycles. The van der Waals surface area contributed by atoms with Gasteiger partial charge in [-0.1, -0.05) is 64.5 Å². The number of carbonyl (C=O) groups is 1. The number of rotatable bonds is 8. The van der Waals surface area contributed by atoms with Gasteiger partial charge >= 0.3 is 5.97 Å². The first kappa shape index (κ1) is 37.4. The van der Waals surface area contributed by atoms with Gasteiger partial charge in [-0.15, -0.1) is 0 Å². The largest absolute Gasteiger partial charge is 0.462 e. The van der Waals surface area contributed by atoms with Gasteiger partial charge in [0.05, 0.1) is 38.1 Å². The lowest BCUT2D eigenvalue weighted by atomic mass is 9.71. The number of fused-ring (bicyclic) bond motifs is 2. The molecule has 0 aromatic carbocycles. The Bertz CT molecular complexity index is 1240. The summed E-state index contributed by atoms with van der Waals surface area (Å²) in [6.45, 7) is 13.6. The molecule has 3 fully saturated rings. The Hall–Kier alpha value is -1.89. The molecule has 0 unspecified atom stereocenters. The second-order valence-corrected chi connectivity index (χ2v) is 14.7. The van der Waals surface area contributed by atoms with Crippen LogP contribution in [-0.4, -0.2) is 97.9 Å². The first-order valence-corrected chi connectivity index (χ1v) is 17.9. The minimum Gasteiger partial charge on any atom is -0.462 e. The van der Waals surface area contributed by atoms with Gasteiger partial charge in [0.25, 0.3) is 0 Å². The van der Waals surface area contributed by atoms with E-state index in [2.05, 4.69) is 40.7 Å². The summed E-state index contributed by atoms with van der Waals surface area (Å²) in [6.07, 6.45) is 10.6. The number of carbonyl (C=O) groups excluding carboxylic acids is 1. The second-order valence-electron chi connectivity index (χ2n) is 14.7. The summed E-state index contributed by atoms with van der Waals surface area (Å²) in [6, 6.07) is 0. The monoisotopic (exact) mass is 674 g/mol. The number of hydrogen-bond donors (Lipinski definition) is 2. The molecular formula is C38H58O10. The standard InChI is InChI=1S/C38H58O10/c1-8-23(2)34-26(5)14-15-37(48-34)20-30-19-29(47-37)13-12-25(4)33(45-22-43-17-16-42-7)24(3)10-9-11-28-21-44-35-32(39)27(6)18-31(36(40)46-30)38(28,35)41/h9-12,18,23-24,26,29-35,39,41H,8,13-17,19-22H2,1-7H3/b10-9+,25-12+,28-11+/t23-,24-,26-,29+,30-,31-,32+,33-,34+,35+,37+,38+/m0/s1. The quantitative estimate of drug-likeness (QED) is 0.154. The zero-order chi connectivity index (χ0) is 34.6. The van der Waals surface area contributed by atoms with E-state index in [0.29, 0.717) is 61.9 Å². The van der Waals surface area contributed by atoms with Crippen molar-refractivity contribution in [2.75, 3.05) is 33.7 Å².